The summed E-state index contributed by atoms with van der Waals surface area (Å²) in [5.41, 5.74) is 5.22. The Morgan fingerprint density at radius 3 is 2.33 bits per heavy atom. The summed E-state index contributed by atoms with van der Waals surface area (Å²) in [7, 11) is 1.69. The number of hydrogen-bond acceptors (Lipinski definition) is 2. The Hall–Kier alpha value is -1.70. The van der Waals surface area contributed by atoms with Crippen molar-refractivity contribution in [3.8, 4) is 5.75 Å². The smallest absolute Gasteiger partial charge is 0.119 e. The third-order valence-corrected chi connectivity index (χ3v) is 3.51. The van der Waals surface area contributed by atoms with Crippen molar-refractivity contribution < 1.29 is 4.74 Å². The Morgan fingerprint density at radius 1 is 1.22 bits per heavy atom. The van der Waals surface area contributed by atoms with Gasteiger partial charge in [0.05, 0.1) is 7.11 Å². The molecule has 1 aliphatic rings. The second-order valence-electron chi connectivity index (χ2n) is 4.67. The summed E-state index contributed by atoms with van der Waals surface area (Å²) in [6.45, 7) is 9.53. The molecule has 0 atom stereocenters. The summed E-state index contributed by atoms with van der Waals surface area (Å²) >= 11 is 0. The average molecular weight is 243 g/mol. The van der Waals surface area contributed by atoms with Gasteiger partial charge in [0.15, 0.2) is 0 Å². The van der Waals surface area contributed by atoms with Crippen LogP contribution < -0.4 is 9.64 Å². The second-order valence-corrected chi connectivity index (χ2v) is 4.67. The molecule has 0 spiro atoms. The molecule has 0 heterocycles. The fourth-order valence-electron chi connectivity index (χ4n) is 2.53. The molecule has 2 heteroatoms. The summed E-state index contributed by atoms with van der Waals surface area (Å²) in [6.07, 6.45) is 2.23. The fourth-order valence-corrected chi connectivity index (χ4v) is 2.53. The van der Waals surface area contributed by atoms with Gasteiger partial charge in [0, 0.05) is 17.9 Å². The SMILES string of the molecule is C=C1CCC(C)=C1N(CC)c1ccc(OC)cc1. The van der Waals surface area contributed by atoms with Gasteiger partial charge in [-0.3, -0.25) is 0 Å². The molecule has 0 N–H and O–H groups in total. The number of allylic oxidation sites excluding steroid dienone is 2. The topological polar surface area (TPSA) is 12.5 Å². The largest absolute Gasteiger partial charge is 0.497 e. The highest BCUT2D eigenvalue weighted by Crippen LogP contribution is 2.35. The monoisotopic (exact) mass is 243 g/mol. The molecule has 0 saturated heterocycles. The lowest BCUT2D eigenvalue weighted by molar-refractivity contribution is 0.415. The van der Waals surface area contributed by atoms with Gasteiger partial charge in [-0.2, -0.15) is 0 Å². The zero-order valence-electron chi connectivity index (χ0n) is 11.5. The average Bonchev–Trinajstić information content (AvgIpc) is 2.72. The van der Waals surface area contributed by atoms with E-state index < -0.39 is 0 Å². The van der Waals surface area contributed by atoms with Crippen LogP contribution in [0, 0.1) is 0 Å². The molecule has 0 unspecified atom stereocenters. The van der Waals surface area contributed by atoms with Crippen LogP contribution in [0.2, 0.25) is 0 Å². The number of anilines is 1. The van der Waals surface area contributed by atoms with Gasteiger partial charge >= 0.3 is 0 Å². The Kier molecular flexibility index (Phi) is 3.75. The van der Waals surface area contributed by atoms with Crippen molar-refractivity contribution in [2.24, 2.45) is 0 Å². The van der Waals surface area contributed by atoms with Crippen LogP contribution in [0.25, 0.3) is 0 Å². The zero-order chi connectivity index (χ0) is 13.1. The minimum absolute atomic E-state index is 0.894. The van der Waals surface area contributed by atoms with Crippen LogP contribution in [0.1, 0.15) is 26.7 Å². The van der Waals surface area contributed by atoms with Gasteiger partial charge in [-0.25, -0.2) is 0 Å². The Bertz CT molecular complexity index is 470. The van der Waals surface area contributed by atoms with Gasteiger partial charge < -0.3 is 9.64 Å². The summed E-state index contributed by atoms with van der Waals surface area (Å²) < 4.78 is 5.20. The van der Waals surface area contributed by atoms with Crippen molar-refractivity contribution in [1.29, 1.82) is 0 Å². The highest BCUT2D eigenvalue weighted by Gasteiger charge is 2.21. The van der Waals surface area contributed by atoms with Crippen molar-refractivity contribution >= 4 is 5.69 Å². The van der Waals surface area contributed by atoms with Gasteiger partial charge in [-0.05, 0) is 62.1 Å². The quantitative estimate of drug-likeness (QED) is 0.787. The van der Waals surface area contributed by atoms with Crippen LogP contribution >= 0.6 is 0 Å². The number of nitrogens with zero attached hydrogens (tertiary/aromatic N) is 1. The number of hydrogen-bond donors (Lipinski definition) is 0. The minimum atomic E-state index is 0.894. The van der Waals surface area contributed by atoms with E-state index in [-0.39, 0.29) is 0 Å². The van der Waals surface area contributed by atoms with Crippen molar-refractivity contribution in [3.05, 3.63) is 47.7 Å². The van der Waals surface area contributed by atoms with Crippen LogP contribution in [0.5, 0.6) is 5.75 Å². The van der Waals surface area contributed by atoms with E-state index in [4.69, 9.17) is 4.74 Å². The third-order valence-electron chi connectivity index (χ3n) is 3.51. The second kappa shape index (κ2) is 5.30. The molecule has 0 aromatic heterocycles. The molecule has 0 saturated carbocycles. The molecule has 96 valence electrons. The highest BCUT2D eigenvalue weighted by atomic mass is 16.5. The first-order chi connectivity index (χ1) is 8.67. The van der Waals surface area contributed by atoms with E-state index in [0.717, 1.165) is 25.1 Å². The number of ether oxygens (including phenoxy) is 1. The van der Waals surface area contributed by atoms with E-state index in [1.165, 1.54) is 22.5 Å². The molecule has 18 heavy (non-hydrogen) atoms. The molecule has 1 aromatic carbocycles. The first-order valence-corrected chi connectivity index (χ1v) is 6.46. The van der Waals surface area contributed by atoms with Crippen molar-refractivity contribution in [1.82, 2.24) is 0 Å². The van der Waals surface area contributed by atoms with E-state index in [1.54, 1.807) is 7.11 Å². The van der Waals surface area contributed by atoms with E-state index in [9.17, 15) is 0 Å². The molecule has 0 bridgehead atoms. The summed E-state index contributed by atoms with van der Waals surface area (Å²) in [4.78, 5) is 2.34. The molecular formula is C16H21NO. The molecular weight excluding hydrogens is 222 g/mol. The number of methoxy groups -OCH3 is 1. The first-order valence-electron chi connectivity index (χ1n) is 6.46. The molecule has 0 amide bonds. The minimum Gasteiger partial charge on any atom is -0.497 e. The van der Waals surface area contributed by atoms with Gasteiger partial charge in [0.2, 0.25) is 0 Å². The van der Waals surface area contributed by atoms with Gasteiger partial charge in [0.25, 0.3) is 0 Å². The van der Waals surface area contributed by atoms with E-state index >= 15 is 0 Å². The van der Waals surface area contributed by atoms with E-state index in [2.05, 4.69) is 37.5 Å². The van der Waals surface area contributed by atoms with Gasteiger partial charge in [-0.1, -0.05) is 6.58 Å². The Balaban J connectivity index is 2.33. The molecule has 0 radical (unpaired) electrons. The van der Waals surface area contributed by atoms with Crippen LogP contribution in [-0.4, -0.2) is 13.7 Å². The van der Waals surface area contributed by atoms with Crippen LogP contribution in [0.4, 0.5) is 5.69 Å². The van der Waals surface area contributed by atoms with Gasteiger partial charge in [0.1, 0.15) is 5.75 Å². The zero-order valence-corrected chi connectivity index (χ0v) is 11.5. The molecule has 0 aliphatic heterocycles. The van der Waals surface area contributed by atoms with Crippen molar-refractivity contribution in [2.45, 2.75) is 26.7 Å². The maximum Gasteiger partial charge on any atom is 0.119 e. The lowest BCUT2D eigenvalue weighted by Gasteiger charge is -2.26. The normalized spacial score (nSPS) is 15.2. The van der Waals surface area contributed by atoms with Gasteiger partial charge in [-0.15, -0.1) is 0 Å². The van der Waals surface area contributed by atoms with Crippen molar-refractivity contribution in [2.75, 3.05) is 18.6 Å². The van der Waals surface area contributed by atoms with Crippen LogP contribution in [-0.2, 0) is 0 Å². The Labute approximate surface area is 110 Å². The summed E-state index contributed by atoms with van der Waals surface area (Å²) in [5, 5.41) is 0. The number of likely N-dealkylation sites (N-methyl/N-ethyl adjacent to an activating group) is 1. The predicted molar refractivity (Wildman–Crippen MR) is 77.1 cm³/mol. The van der Waals surface area contributed by atoms with E-state index in [0.29, 0.717) is 0 Å². The van der Waals surface area contributed by atoms with Crippen molar-refractivity contribution in [3.63, 3.8) is 0 Å². The summed E-state index contributed by atoms with van der Waals surface area (Å²) in [6, 6.07) is 8.22. The highest BCUT2D eigenvalue weighted by molar-refractivity contribution is 5.60. The Morgan fingerprint density at radius 2 is 1.89 bits per heavy atom. The molecule has 2 rings (SSSR count). The number of rotatable bonds is 4. The maximum absolute atomic E-state index is 5.20. The molecule has 2 nitrogen and oxygen atoms in total. The lowest BCUT2D eigenvalue weighted by Crippen LogP contribution is -2.22. The van der Waals surface area contributed by atoms with Crippen LogP contribution in [0.3, 0.4) is 0 Å². The summed E-state index contributed by atoms with van der Waals surface area (Å²) in [5.74, 6) is 0.894. The predicted octanol–water partition coefficient (Wildman–Crippen LogP) is 4.15. The fraction of sp³-hybridized carbons (Fsp3) is 0.375. The standard InChI is InChI=1S/C16H21NO/c1-5-17(16-12(2)6-7-13(16)3)14-8-10-15(18-4)11-9-14/h8-11H,2,5-7H2,1,3-4H3. The maximum atomic E-state index is 5.20. The third kappa shape index (κ3) is 2.28. The molecule has 1 aromatic rings. The number of benzene rings is 1. The lowest BCUT2D eigenvalue weighted by atomic mass is 10.1. The molecule has 0 fully saturated rings. The van der Waals surface area contributed by atoms with E-state index in [1.807, 2.05) is 12.1 Å². The van der Waals surface area contributed by atoms with Crippen LogP contribution in [0.15, 0.2) is 47.7 Å². The first kappa shape index (κ1) is 12.7. The molecule has 1 aliphatic carbocycles.